The third-order valence-electron chi connectivity index (χ3n) is 5.16. The molecular formula is C22H20N6O3S2. The lowest BCUT2D eigenvalue weighted by atomic mass is 10.1. The lowest BCUT2D eigenvalue weighted by Crippen LogP contribution is -2.28. The Morgan fingerprint density at radius 3 is 2.85 bits per heavy atom. The number of carbonyl (C=O) groups excluding carboxylic acids is 1. The van der Waals surface area contributed by atoms with Crippen LogP contribution < -0.4 is 4.74 Å². The van der Waals surface area contributed by atoms with Crippen LogP contribution in [-0.4, -0.2) is 49.7 Å². The molecule has 33 heavy (non-hydrogen) atoms. The summed E-state index contributed by atoms with van der Waals surface area (Å²) in [4.78, 5) is 14.2. The molecule has 3 aromatic heterocycles. The van der Waals surface area contributed by atoms with Crippen molar-refractivity contribution in [3.8, 4) is 5.75 Å². The number of carbonyl (C=O) groups is 1. The van der Waals surface area contributed by atoms with Gasteiger partial charge in [-0.25, -0.2) is 9.69 Å². The van der Waals surface area contributed by atoms with Crippen LogP contribution in [0.5, 0.6) is 5.75 Å². The van der Waals surface area contributed by atoms with Crippen LogP contribution in [0.1, 0.15) is 28.7 Å². The van der Waals surface area contributed by atoms with Crippen LogP contribution in [0.25, 0.3) is 0 Å². The number of rotatable bonds is 8. The summed E-state index contributed by atoms with van der Waals surface area (Å²) in [5, 5.41) is 20.7. The minimum Gasteiger partial charge on any atom is -0.497 e. The Kier molecular flexibility index (Phi) is 6.22. The number of aromatic nitrogens is 4. The third kappa shape index (κ3) is 4.69. The molecule has 5 rings (SSSR count). The van der Waals surface area contributed by atoms with Crippen LogP contribution in [0.3, 0.4) is 0 Å². The highest BCUT2D eigenvalue weighted by Crippen LogP contribution is 2.34. The van der Waals surface area contributed by atoms with Gasteiger partial charge in [0.25, 0.3) is 5.91 Å². The van der Waals surface area contributed by atoms with Gasteiger partial charge in [-0.3, -0.25) is 4.79 Å². The van der Waals surface area contributed by atoms with Crippen molar-refractivity contribution in [3.05, 3.63) is 76.4 Å². The first-order valence-corrected chi connectivity index (χ1v) is 12.1. The van der Waals surface area contributed by atoms with Crippen molar-refractivity contribution in [2.75, 3.05) is 12.9 Å². The average molecular weight is 481 g/mol. The molecule has 0 spiro atoms. The second-order valence-corrected chi connectivity index (χ2v) is 9.14. The van der Waals surface area contributed by atoms with Gasteiger partial charge in [0.2, 0.25) is 5.16 Å². The molecule has 0 aliphatic carbocycles. The SMILES string of the molecule is COc1ccc(Cn2nnnc2SCC(=O)N2N=C(c3cccs3)C[C@H]2c2ccco2)cc1. The molecule has 0 unspecified atom stereocenters. The second kappa shape index (κ2) is 9.59. The van der Waals surface area contributed by atoms with Gasteiger partial charge in [0.1, 0.15) is 17.6 Å². The van der Waals surface area contributed by atoms with Crippen molar-refractivity contribution in [1.82, 2.24) is 25.2 Å². The van der Waals surface area contributed by atoms with Crippen molar-refractivity contribution in [2.24, 2.45) is 5.10 Å². The molecule has 0 fully saturated rings. The number of thiophene rings is 1. The van der Waals surface area contributed by atoms with E-state index < -0.39 is 0 Å². The molecule has 0 bridgehead atoms. The van der Waals surface area contributed by atoms with Crippen LogP contribution in [0.15, 0.2) is 74.8 Å². The summed E-state index contributed by atoms with van der Waals surface area (Å²) in [6.45, 7) is 0.493. The van der Waals surface area contributed by atoms with Crippen LogP contribution in [-0.2, 0) is 11.3 Å². The normalized spacial score (nSPS) is 15.6. The molecule has 0 saturated carbocycles. The smallest absolute Gasteiger partial charge is 0.253 e. The maximum absolute atomic E-state index is 13.2. The number of hydrogen-bond donors (Lipinski definition) is 0. The van der Waals surface area contributed by atoms with E-state index in [4.69, 9.17) is 9.15 Å². The zero-order chi connectivity index (χ0) is 22.6. The van der Waals surface area contributed by atoms with E-state index in [1.165, 1.54) is 16.8 Å². The first-order valence-electron chi connectivity index (χ1n) is 10.2. The third-order valence-corrected chi connectivity index (χ3v) is 7.02. The van der Waals surface area contributed by atoms with Crippen molar-refractivity contribution < 1.29 is 13.9 Å². The summed E-state index contributed by atoms with van der Waals surface area (Å²) in [5.41, 5.74) is 1.91. The van der Waals surface area contributed by atoms with E-state index in [0.29, 0.717) is 23.9 Å². The Balaban J connectivity index is 1.28. The molecule has 1 aliphatic rings. The van der Waals surface area contributed by atoms with Gasteiger partial charge in [0.05, 0.1) is 36.3 Å². The summed E-state index contributed by atoms with van der Waals surface area (Å²) < 4.78 is 12.5. The molecule has 0 radical (unpaired) electrons. The molecule has 0 saturated heterocycles. The van der Waals surface area contributed by atoms with Crippen LogP contribution in [0.2, 0.25) is 0 Å². The number of nitrogens with zero attached hydrogens (tertiary/aromatic N) is 6. The highest BCUT2D eigenvalue weighted by Gasteiger charge is 2.35. The highest BCUT2D eigenvalue weighted by molar-refractivity contribution is 7.99. The Labute approximate surface area is 198 Å². The monoisotopic (exact) mass is 480 g/mol. The predicted molar refractivity (Wildman–Crippen MR) is 124 cm³/mol. The van der Waals surface area contributed by atoms with E-state index in [9.17, 15) is 4.79 Å². The average Bonchev–Trinajstić information content (AvgIpc) is 3.64. The number of hydrogen-bond acceptors (Lipinski definition) is 9. The summed E-state index contributed by atoms with van der Waals surface area (Å²) >= 11 is 2.89. The van der Waals surface area contributed by atoms with E-state index in [2.05, 4.69) is 20.6 Å². The number of ether oxygens (including phenoxy) is 1. The van der Waals surface area contributed by atoms with Crippen molar-refractivity contribution in [1.29, 1.82) is 0 Å². The van der Waals surface area contributed by atoms with Gasteiger partial charge in [0, 0.05) is 6.42 Å². The molecule has 0 N–H and O–H groups in total. The Bertz CT molecular complexity index is 1240. The number of thioether (sulfide) groups is 1. The lowest BCUT2D eigenvalue weighted by molar-refractivity contribution is -0.130. The molecule has 1 atom stereocenters. The van der Waals surface area contributed by atoms with Gasteiger partial charge < -0.3 is 9.15 Å². The van der Waals surface area contributed by atoms with E-state index in [1.54, 1.807) is 29.4 Å². The maximum atomic E-state index is 13.2. The molecule has 4 aromatic rings. The number of tetrazole rings is 1. The molecule has 168 valence electrons. The van der Waals surface area contributed by atoms with Gasteiger partial charge in [-0.1, -0.05) is 30.0 Å². The fraction of sp³-hybridized carbons (Fsp3) is 0.227. The standard InChI is InChI=1S/C22H20N6O3S2/c1-30-16-8-6-15(7-9-16)13-27-22(23-25-26-27)33-14-21(29)28-18(19-4-2-10-31-19)12-17(24-28)20-5-3-11-32-20/h2-11,18H,12-14H2,1H3/t18-/m0/s1. The van der Waals surface area contributed by atoms with Crippen LogP contribution in [0, 0.1) is 0 Å². The number of methoxy groups -OCH3 is 1. The van der Waals surface area contributed by atoms with E-state index in [0.717, 1.165) is 21.9 Å². The Hall–Kier alpha value is -3.44. The molecular weight excluding hydrogens is 460 g/mol. The maximum Gasteiger partial charge on any atom is 0.253 e. The van der Waals surface area contributed by atoms with E-state index in [1.807, 2.05) is 53.9 Å². The number of furan rings is 1. The van der Waals surface area contributed by atoms with Gasteiger partial charge >= 0.3 is 0 Å². The van der Waals surface area contributed by atoms with Crippen molar-refractivity contribution >= 4 is 34.7 Å². The predicted octanol–water partition coefficient (Wildman–Crippen LogP) is 3.85. The fourth-order valence-corrected chi connectivity index (χ4v) is 4.98. The number of hydrazone groups is 1. The summed E-state index contributed by atoms with van der Waals surface area (Å²) in [6.07, 6.45) is 2.23. The topological polar surface area (TPSA) is 98.6 Å². The van der Waals surface area contributed by atoms with Crippen molar-refractivity contribution in [3.63, 3.8) is 0 Å². The Morgan fingerprint density at radius 1 is 1.24 bits per heavy atom. The van der Waals surface area contributed by atoms with Crippen LogP contribution >= 0.6 is 23.1 Å². The molecule has 1 aliphatic heterocycles. The van der Waals surface area contributed by atoms with E-state index >= 15 is 0 Å². The fourth-order valence-electron chi connectivity index (χ4n) is 3.53. The molecule has 1 amide bonds. The van der Waals surface area contributed by atoms with Gasteiger partial charge in [-0.05, 0) is 51.7 Å². The Morgan fingerprint density at radius 2 is 2.12 bits per heavy atom. The summed E-state index contributed by atoms with van der Waals surface area (Å²) in [7, 11) is 1.63. The first-order chi connectivity index (χ1) is 16.2. The molecule has 1 aromatic carbocycles. The van der Waals surface area contributed by atoms with Gasteiger partial charge in [-0.2, -0.15) is 5.10 Å². The van der Waals surface area contributed by atoms with Gasteiger partial charge in [0.15, 0.2) is 0 Å². The number of benzene rings is 1. The molecule has 9 nitrogen and oxygen atoms in total. The quantitative estimate of drug-likeness (QED) is 0.353. The lowest BCUT2D eigenvalue weighted by Gasteiger charge is -2.19. The molecule has 4 heterocycles. The molecule has 11 heteroatoms. The minimum atomic E-state index is -0.263. The summed E-state index contributed by atoms with van der Waals surface area (Å²) in [6, 6.07) is 15.1. The largest absolute Gasteiger partial charge is 0.497 e. The summed E-state index contributed by atoms with van der Waals surface area (Å²) in [5.74, 6) is 1.52. The minimum absolute atomic E-state index is 0.132. The highest BCUT2D eigenvalue weighted by atomic mass is 32.2. The van der Waals surface area contributed by atoms with Gasteiger partial charge in [-0.15, -0.1) is 16.4 Å². The first kappa shape index (κ1) is 21.4. The second-order valence-electron chi connectivity index (χ2n) is 7.25. The van der Waals surface area contributed by atoms with Crippen molar-refractivity contribution in [2.45, 2.75) is 24.2 Å². The number of amides is 1. The van der Waals surface area contributed by atoms with Crippen LogP contribution in [0.4, 0.5) is 0 Å². The zero-order valence-corrected chi connectivity index (χ0v) is 19.3. The van der Waals surface area contributed by atoms with E-state index in [-0.39, 0.29) is 17.7 Å². The zero-order valence-electron chi connectivity index (χ0n) is 17.7.